The Morgan fingerprint density at radius 3 is 2.45 bits per heavy atom. The number of hydrogen-bond acceptors (Lipinski definition) is 3. The van der Waals surface area contributed by atoms with Crippen LogP contribution in [0.5, 0.6) is 0 Å². The number of fused-ring (bicyclic) bond motifs is 2. The third kappa shape index (κ3) is 2.32. The van der Waals surface area contributed by atoms with Gasteiger partial charge in [0.05, 0.1) is 11.2 Å². The molecule has 106 valence electrons. The van der Waals surface area contributed by atoms with Gasteiger partial charge >= 0.3 is 0 Å². The molecule has 2 bridgehead atoms. The Bertz CT molecular complexity index is 572. The summed E-state index contributed by atoms with van der Waals surface area (Å²) in [5.41, 5.74) is -1.62. The fraction of sp³-hybridized carbons (Fsp3) is 0.533. The summed E-state index contributed by atoms with van der Waals surface area (Å²) in [4.78, 5) is 0. The van der Waals surface area contributed by atoms with Crippen molar-refractivity contribution in [1.82, 2.24) is 0 Å². The molecule has 0 spiro atoms. The minimum Gasteiger partial charge on any atom is -0.385 e. The van der Waals surface area contributed by atoms with Crippen LogP contribution in [0.25, 0.3) is 0 Å². The van der Waals surface area contributed by atoms with Crippen LogP contribution in [0, 0.1) is 23.0 Å². The number of hydrogen-bond donors (Lipinski definition) is 1. The second kappa shape index (κ2) is 5.01. The van der Waals surface area contributed by atoms with Gasteiger partial charge in [-0.05, 0) is 37.8 Å². The Labute approximate surface area is 120 Å². The van der Waals surface area contributed by atoms with Crippen molar-refractivity contribution >= 4 is 11.8 Å². The first-order valence-corrected chi connectivity index (χ1v) is 7.73. The van der Waals surface area contributed by atoms with Crippen molar-refractivity contribution in [3.8, 4) is 6.07 Å². The van der Waals surface area contributed by atoms with Crippen LogP contribution in [0.2, 0.25) is 0 Å². The third-order valence-electron chi connectivity index (χ3n) is 4.25. The summed E-state index contributed by atoms with van der Waals surface area (Å²) in [6.07, 6.45) is 4.09. The van der Waals surface area contributed by atoms with E-state index < -0.39 is 17.2 Å². The van der Waals surface area contributed by atoms with E-state index in [2.05, 4.69) is 0 Å². The van der Waals surface area contributed by atoms with Gasteiger partial charge in [0.2, 0.25) is 0 Å². The molecule has 1 aromatic rings. The molecule has 1 N–H and O–H groups in total. The number of halogens is 2. The highest BCUT2D eigenvalue weighted by molar-refractivity contribution is 8.00. The first-order valence-electron chi connectivity index (χ1n) is 6.79. The number of aliphatic hydroxyl groups is 1. The molecule has 2 heterocycles. The van der Waals surface area contributed by atoms with Crippen molar-refractivity contribution in [2.24, 2.45) is 0 Å². The molecule has 20 heavy (non-hydrogen) atoms. The highest BCUT2D eigenvalue weighted by Crippen LogP contribution is 2.50. The molecule has 2 atom stereocenters. The van der Waals surface area contributed by atoms with Gasteiger partial charge in [-0.2, -0.15) is 17.0 Å². The van der Waals surface area contributed by atoms with Crippen LogP contribution in [0.15, 0.2) is 12.1 Å². The molecule has 0 radical (unpaired) electrons. The molecule has 5 heteroatoms. The zero-order valence-electron chi connectivity index (χ0n) is 10.9. The molecule has 2 aliphatic heterocycles. The van der Waals surface area contributed by atoms with Gasteiger partial charge in [0.1, 0.15) is 17.7 Å². The van der Waals surface area contributed by atoms with Crippen LogP contribution in [-0.4, -0.2) is 15.6 Å². The quantitative estimate of drug-likeness (QED) is 0.862. The summed E-state index contributed by atoms with van der Waals surface area (Å²) in [5, 5.41) is 20.2. The number of benzene rings is 1. The molecule has 2 unspecified atom stereocenters. The lowest BCUT2D eigenvalue weighted by molar-refractivity contribution is 0.00463. The smallest absolute Gasteiger partial charge is 0.141 e. The monoisotopic (exact) mass is 295 g/mol. The average Bonchev–Trinajstić information content (AvgIpc) is 2.40. The van der Waals surface area contributed by atoms with Crippen molar-refractivity contribution in [2.45, 2.75) is 48.2 Å². The van der Waals surface area contributed by atoms with Crippen molar-refractivity contribution in [3.05, 3.63) is 34.9 Å². The van der Waals surface area contributed by atoms with E-state index in [0.717, 1.165) is 31.4 Å². The van der Waals surface area contributed by atoms with Crippen molar-refractivity contribution in [3.63, 3.8) is 0 Å². The third-order valence-corrected chi connectivity index (χ3v) is 5.82. The van der Waals surface area contributed by atoms with E-state index in [-0.39, 0.29) is 11.1 Å². The molecule has 0 aliphatic carbocycles. The van der Waals surface area contributed by atoms with E-state index >= 15 is 0 Å². The first kappa shape index (κ1) is 13.8. The molecule has 2 saturated heterocycles. The van der Waals surface area contributed by atoms with E-state index in [1.165, 1.54) is 0 Å². The van der Waals surface area contributed by atoms with Crippen LogP contribution < -0.4 is 0 Å². The summed E-state index contributed by atoms with van der Waals surface area (Å²) in [6.45, 7) is 0. The average molecular weight is 295 g/mol. The Morgan fingerprint density at radius 2 is 1.85 bits per heavy atom. The second-order valence-corrected chi connectivity index (χ2v) is 7.28. The van der Waals surface area contributed by atoms with Crippen molar-refractivity contribution < 1.29 is 13.9 Å². The lowest BCUT2D eigenvalue weighted by Crippen LogP contribution is -2.41. The topological polar surface area (TPSA) is 44.0 Å². The number of thioether (sulfide) groups is 1. The van der Waals surface area contributed by atoms with Crippen LogP contribution in [0.1, 0.15) is 43.2 Å². The lowest BCUT2D eigenvalue weighted by Gasteiger charge is -2.44. The zero-order valence-corrected chi connectivity index (χ0v) is 11.7. The maximum absolute atomic E-state index is 14.1. The van der Waals surface area contributed by atoms with Crippen LogP contribution in [0.3, 0.4) is 0 Å². The summed E-state index contributed by atoms with van der Waals surface area (Å²) >= 11 is 1.86. The van der Waals surface area contributed by atoms with Crippen LogP contribution in [-0.2, 0) is 5.60 Å². The fourth-order valence-electron chi connectivity index (χ4n) is 3.33. The Morgan fingerprint density at radius 1 is 1.20 bits per heavy atom. The highest BCUT2D eigenvalue weighted by Gasteiger charge is 2.44. The van der Waals surface area contributed by atoms with E-state index in [4.69, 9.17) is 5.26 Å². The van der Waals surface area contributed by atoms with E-state index in [9.17, 15) is 13.9 Å². The molecule has 0 saturated carbocycles. The molecule has 0 amide bonds. The molecule has 2 fully saturated rings. The molecule has 0 aromatic heterocycles. The summed E-state index contributed by atoms with van der Waals surface area (Å²) in [6, 6.07) is 3.51. The predicted octanol–water partition coefficient (Wildman–Crippen LogP) is 3.47. The molecular formula is C15H15F2NOS. The van der Waals surface area contributed by atoms with Gasteiger partial charge in [-0.15, -0.1) is 0 Å². The largest absolute Gasteiger partial charge is 0.385 e. The fourth-order valence-corrected chi connectivity index (χ4v) is 5.22. The van der Waals surface area contributed by atoms with Crippen LogP contribution >= 0.6 is 11.8 Å². The summed E-state index contributed by atoms with van der Waals surface area (Å²) in [7, 11) is 0. The molecule has 2 aliphatic rings. The standard InChI is InChI=1S/C15H15F2NOS/c16-13-5-12(14(17)4-9(13)8-18)15(19)6-10-2-1-3-11(7-15)20-10/h4-5,10-11,19H,1-3,6-7H2. The number of rotatable bonds is 1. The maximum atomic E-state index is 14.1. The Hall–Kier alpha value is -1.12. The first-order chi connectivity index (χ1) is 9.51. The highest BCUT2D eigenvalue weighted by atomic mass is 32.2. The van der Waals surface area contributed by atoms with Gasteiger partial charge in [-0.1, -0.05) is 6.42 Å². The predicted molar refractivity (Wildman–Crippen MR) is 73.2 cm³/mol. The Balaban J connectivity index is 1.99. The molecule has 2 nitrogen and oxygen atoms in total. The van der Waals surface area contributed by atoms with Gasteiger partial charge < -0.3 is 5.11 Å². The number of nitrogens with zero attached hydrogens (tertiary/aromatic N) is 1. The summed E-state index contributed by atoms with van der Waals surface area (Å²) in [5.74, 6) is -1.45. The Kier molecular flexibility index (Phi) is 3.47. The molecular weight excluding hydrogens is 280 g/mol. The SMILES string of the molecule is N#Cc1cc(F)c(C2(O)CC3CCCC(C2)S3)cc1F. The van der Waals surface area contributed by atoms with Gasteiger partial charge in [0, 0.05) is 16.1 Å². The van der Waals surface area contributed by atoms with E-state index in [1.54, 1.807) is 6.07 Å². The number of nitriles is 1. The van der Waals surface area contributed by atoms with E-state index in [1.807, 2.05) is 11.8 Å². The summed E-state index contributed by atoms with van der Waals surface area (Å²) < 4.78 is 27.9. The van der Waals surface area contributed by atoms with E-state index in [0.29, 0.717) is 23.3 Å². The second-order valence-electron chi connectivity index (χ2n) is 5.67. The van der Waals surface area contributed by atoms with Crippen molar-refractivity contribution in [2.75, 3.05) is 0 Å². The van der Waals surface area contributed by atoms with Gasteiger partial charge in [-0.3, -0.25) is 0 Å². The van der Waals surface area contributed by atoms with Gasteiger partial charge in [-0.25, -0.2) is 8.78 Å². The normalized spacial score (nSPS) is 32.7. The minimum atomic E-state index is -1.31. The van der Waals surface area contributed by atoms with Gasteiger partial charge in [0.15, 0.2) is 0 Å². The zero-order chi connectivity index (χ0) is 14.3. The van der Waals surface area contributed by atoms with Crippen LogP contribution in [0.4, 0.5) is 8.78 Å². The lowest BCUT2D eigenvalue weighted by atomic mass is 9.80. The van der Waals surface area contributed by atoms with Gasteiger partial charge in [0.25, 0.3) is 0 Å². The van der Waals surface area contributed by atoms with Crippen molar-refractivity contribution in [1.29, 1.82) is 5.26 Å². The molecule has 1 aromatic carbocycles. The minimum absolute atomic E-state index is 0.00574. The molecule has 3 rings (SSSR count). The maximum Gasteiger partial charge on any atom is 0.141 e.